The Kier molecular flexibility index (Phi) is 6.46. The van der Waals surface area contributed by atoms with Gasteiger partial charge in [0.15, 0.2) is 6.10 Å². The molecule has 1 N–H and O–H groups in total. The third-order valence-electron chi connectivity index (χ3n) is 2.68. The standard InChI is InChI=1S/C14H19Cl2NO2/c1-4-5-9(2)17-14(18)10(3)19-13-7-6-11(15)8-12(13)16/h6-10H,4-5H2,1-3H3,(H,17,18)/t9-,10-/m1/s1. The number of rotatable bonds is 6. The van der Waals surface area contributed by atoms with Gasteiger partial charge in [-0.25, -0.2) is 0 Å². The fourth-order valence-electron chi connectivity index (χ4n) is 1.68. The lowest BCUT2D eigenvalue weighted by Gasteiger charge is -2.18. The summed E-state index contributed by atoms with van der Waals surface area (Å²) < 4.78 is 5.54. The Labute approximate surface area is 124 Å². The van der Waals surface area contributed by atoms with E-state index in [9.17, 15) is 4.79 Å². The van der Waals surface area contributed by atoms with Gasteiger partial charge in [0.05, 0.1) is 5.02 Å². The number of hydrogen-bond acceptors (Lipinski definition) is 2. The minimum absolute atomic E-state index is 0.143. The summed E-state index contributed by atoms with van der Waals surface area (Å²) >= 11 is 11.8. The van der Waals surface area contributed by atoms with Crippen molar-refractivity contribution >= 4 is 29.1 Å². The number of amides is 1. The molecular formula is C14H19Cl2NO2. The highest BCUT2D eigenvalue weighted by Gasteiger charge is 2.17. The Bertz CT molecular complexity index is 437. The Morgan fingerprint density at radius 3 is 2.63 bits per heavy atom. The smallest absolute Gasteiger partial charge is 0.260 e. The van der Waals surface area contributed by atoms with Crippen LogP contribution >= 0.6 is 23.2 Å². The van der Waals surface area contributed by atoms with Gasteiger partial charge in [0.2, 0.25) is 0 Å². The number of nitrogens with one attached hydrogen (secondary N) is 1. The predicted molar refractivity (Wildman–Crippen MR) is 79.1 cm³/mol. The first-order valence-corrected chi connectivity index (χ1v) is 7.11. The van der Waals surface area contributed by atoms with Crippen molar-refractivity contribution in [1.82, 2.24) is 5.32 Å². The van der Waals surface area contributed by atoms with Gasteiger partial charge in [0, 0.05) is 11.1 Å². The van der Waals surface area contributed by atoms with Gasteiger partial charge < -0.3 is 10.1 Å². The molecule has 0 aromatic heterocycles. The second kappa shape index (κ2) is 7.61. The van der Waals surface area contributed by atoms with E-state index in [0.29, 0.717) is 15.8 Å². The van der Waals surface area contributed by atoms with E-state index in [-0.39, 0.29) is 11.9 Å². The van der Waals surface area contributed by atoms with Crippen LogP contribution in [0.4, 0.5) is 0 Å². The van der Waals surface area contributed by atoms with Crippen molar-refractivity contribution in [2.75, 3.05) is 0 Å². The largest absolute Gasteiger partial charge is 0.479 e. The highest BCUT2D eigenvalue weighted by molar-refractivity contribution is 6.35. The minimum Gasteiger partial charge on any atom is -0.479 e. The molecule has 0 aliphatic carbocycles. The fraction of sp³-hybridized carbons (Fsp3) is 0.500. The SMILES string of the molecule is CCC[C@@H](C)NC(=O)[C@@H](C)Oc1ccc(Cl)cc1Cl. The first-order valence-electron chi connectivity index (χ1n) is 6.36. The van der Waals surface area contributed by atoms with Crippen molar-refractivity contribution in [3.8, 4) is 5.75 Å². The van der Waals surface area contributed by atoms with Gasteiger partial charge in [0.25, 0.3) is 5.91 Å². The third kappa shape index (κ3) is 5.29. The minimum atomic E-state index is -0.599. The van der Waals surface area contributed by atoms with Crippen molar-refractivity contribution in [1.29, 1.82) is 0 Å². The monoisotopic (exact) mass is 303 g/mol. The predicted octanol–water partition coefficient (Wildman–Crippen LogP) is 4.07. The van der Waals surface area contributed by atoms with E-state index in [4.69, 9.17) is 27.9 Å². The molecule has 0 heterocycles. The van der Waals surface area contributed by atoms with Crippen LogP contribution in [0.1, 0.15) is 33.6 Å². The number of hydrogen-bond donors (Lipinski definition) is 1. The van der Waals surface area contributed by atoms with Gasteiger partial charge in [-0.15, -0.1) is 0 Å². The number of carbonyl (C=O) groups is 1. The maximum atomic E-state index is 11.9. The Balaban J connectivity index is 2.58. The highest BCUT2D eigenvalue weighted by atomic mass is 35.5. The molecule has 0 unspecified atom stereocenters. The summed E-state index contributed by atoms with van der Waals surface area (Å²) in [5, 5.41) is 3.83. The molecule has 0 saturated heterocycles. The lowest BCUT2D eigenvalue weighted by molar-refractivity contribution is -0.127. The molecule has 106 valence electrons. The Hall–Kier alpha value is -0.930. The molecule has 5 heteroatoms. The zero-order valence-electron chi connectivity index (χ0n) is 11.4. The molecule has 0 fully saturated rings. The van der Waals surface area contributed by atoms with E-state index in [1.807, 2.05) is 6.92 Å². The van der Waals surface area contributed by atoms with Crippen LogP contribution in [0, 0.1) is 0 Å². The van der Waals surface area contributed by atoms with E-state index < -0.39 is 6.10 Å². The molecule has 0 saturated carbocycles. The summed E-state index contributed by atoms with van der Waals surface area (Å²) in [6.45, 7) is 5.75. The van der Waals surface area contributed by atoms with Crippen molar-refractivity contribution < 1.29 is 9.53 Å². The van der Waals surface area contributed by atoms with Crippen molar-refractivity contribution in [3.63, 3.8) is 0 Å². The summed E-state index contributed by atoms with van der Waals surface area (Å²) in [5.41, 5.74) is 0. The van der Waals surface area contributed by atoms with Crippen LogP contribution in [0.3, 0.4) is 0 Å². The topological polar surface area (TPSA) is 38.3 Å². The van der Waals surface area contributed by atoms with Crippen LogP contribution in [0.25, 0.3) is 0 Å². The van der Waals surface area contributed by atoms with Gasteiger partial charge in [-0.2, -0.15) is 0 Å². The molecule has 2 atom stereocenters. The normalized spacial score (nSPS) is 13.7. The molecule has 0 spiro atoms. The van der Waals surface area contributed by atoms with Crippen molar-refractivity contribution in [3.05, 3.63) is 28.2 Å². The summed E-state index contributed by atoms with van der Waals surface area (Å²) in [6, 6.07) is 5.06. The van der Waals surface area contributed by atoms with Gasteiger partial charge in [-0.05, 0) is 38.5 Å². The van der Waals surface area contributed by atoms with Crippen LogP contribution < -0.4 is 10.1 Å². The molecule has 1 amide bonds. The van der Waals surface area contributed by atoms with Crippen LogP contribution in [-0.4, -0.2) is 18.1 Å². The summed E-state index contributed by atoms with van der Waals surface area (Å²) in [6.07, 6.45) is 1.37. The molecule has 1 aromatic rings. The number of carbonyl (C=O) groups excluding carboxylic acids is 1. The second-order valence-corrected chi connectivity index (χ2v) is 5.38. The zero-order valence-corrected chi connectivity index (χ0v) is 12.9. The quantitative estimate of drug-likeness (QED) is 0.860. The van der Waals surface area contributed by atoms with E-state index in [0.717, 1.165) is 12.8 Å². The molecular weight excluding hydrogens is 285 g/mol. The maximum absolute atomic E-state index is 11.9. The molecule has 3 nitrogen and oxygen atoms in total. The van der Waals surface area contributed by atoms with Crippen LogP contribution in [0.5, 0.6) is 5.75 Å². The van der Waals surface area contributed by atoms with Gasteiger partial charge in [-0.1, -0.05) is 36.5 Å². The number of halogens is 2. The van der Waals surface area contributed by atoms with Crippen LogP contribution in [0.15, 0.2) is 18.2 Å². The summed E-state index contributed by atoms with van der Waals surface area (Å²) in [4.78, 5) is 11.9. The van der Waals surface area contributed by atoms with Crippen LogP contribution in [0.2, 0.25) is 10.0 Å². The average molecular weight is 304 g/mol. The molecule has 0 aliphatic rings. The molecule has 0 aliphatic heterocycles. The van der Waals surface area contributed by atoms with Gasteiger partial charge in [-0.3, -0.25) is 4.79 Å². The highest BCUT2D eigenvalue weighted by Crippen LogP contribution is 2.28. The van der Waals surface area contributed by atoms with E-state index in [1.165, 1.54) is 0 Å². The van der Waals surface area contributed by atoms with Crippen molar-refractivity contribution in [2.24, 2.45) is 0 Å². The molecule has 1 rings (SSSR count). The molecule has 1 aromatic carbocycles. The van der Waals surface area contributed by atoms with E-state index in [2.05, 4.69) is 12.2 Å². The lowest BCUT2D eigenvalue weighted by Crippen LogP contribution is -2.41. The zero-order chi connectivity index (χ0) is 14.4. The van der Waals surface area contributed by atoms with E-state index >= 15 is 0 Å². The van der Waals surface area contributed by atoms with E-state index in [1.54, 1.807) is 25.1 Å². The first-order chi connectivity index (χ1) is 8.93. The summed E-state index contributed by atoms with van der Waals surface area (Å²) in [7, 11) is 0. The Morgan fingerprint density at radius 2 is 2.05 bits per heavy atom. The van der Waals surface area contributed by atoms with Crippen LogP contribution in [-0.2, 0) is 4.79 Å². The van der Waals surface area contributed by atoms with Gasteiger partial charge in [0.1, 0.15) is 5.75 Å². The number of ether oxygens (including phenoxy) is 1. The second-order valence-electron chi connectivity index (χ2n) is 4.53. The third-order valence-corrected chi connectivity index (χ3v) is 3.21. The average Bonchev–Trinajstić information content (AvgIpc) is 2.32. The van der Waals surface area contributed by atoms with Gasteiger partial charge >= 0.3 is 0 Å². The Morgan fingerprint density at radius 1 is 1.37 bits per heavy atom. The fourth-order valence-corrected chi connectivity index (χ4v) is 2.13. The first kappa shape index (κ1) is 16.1. The molecule has 0 bridgehead atoms. The maximum Gasteiger partial charge on any atom is 0.260 e. The lowest BCUT2D eigenvalue weighted by atomic mass is 10.2. The number of benzene rings is 1. The summed E-state index contributed by atoms with van der Waals surface area (Å²) in [5.74, 6) is 0.309. The molecule has 19 heavy (non-hydrogen) atoms. The van der Waals surface area contributed by atoms with Crippen molar-refractivity contribution in [2.45, 2.75) is 45.8 Å². The molecule has 0 radical (unpaired) electrons.